The average molecular weight is 182 g/mol. The number of nitrogens with zero attached hydrogens (tertiary/aromatic N) is 2. The molecule has 0 N–H and O–H groups in total. The molecule has 0 atom stereocenters. The van der Waals surface area contributed by atoms with E-state index in [0.29, 0.717) is 0 Å². The zero-order valence-corrected chi connectivity index (χ0v) is 8.17. The van der Waals surface area contributed by atoms with E-state index in [4.69, 9.17) is 4.74 Å². The van der Waals surface area contributed by atoms with Crippen molar-refractivity contribution in [3.05, 3.63) is 0 Å². The SMILES string of the molecule is C1=NCCCCCCOCCCN=1. The lowest BCUT2D eigenvalue weighted by Gasteiger charge is -2.01. The summed E-state index contributed by atoms with van der Waals surface area (Å²) in [6.45, 7) is 3.41. The molecular formula is C10H18N2O. The van der Waals surface area contributed by atoms with Gasteiger partial charge in [-0.2, -0.15) is 0 Å². The molecule has 1 aliphatic rings. The third kappa shape index (κ3) is 6.50. The fraction of sp³-hybridized carbons (Fsp3) is 0.900. The first-order valence-corrected chi connectivity index (χ1v) is 5.16. The molecule has 0 aromatic carbocycles. The highest BCUT2D eigenvalue weighted by Crippen LogP contribution is 2.00. The maximum atomic E-state index is 5.43. The van der Waals surface area contributed by atoms with Crippen LogP contribution < -0.4 is 0 Å². The molecule has 0 spiro atoms. The minimum atomic E-state index is 0.795. The van der Waals surface area contributed by atoms with Gasteiger partial charge in [0.2, 0.25) is 0 Å². The quantitative estimate of drug-likeness (QED) is 0.565. The summed E-state index contributed by atoms with van der Waals surface area (Å²) in [4.78, 5) is 8.12. The fourth-order valence-electron chi connectivity index (χ4n) is 1.25. The Hall–Kier alpha value is -0.660. The van der Waals surface area contributed by atoms with Gasteiger partial charge >= 0.3 is 0 Å². The maximum Gasteiger partial charge on any atom is 0.0892 e. The molecule has 0 amide bonds. The number of ether oxygens (including phenoxy) is 1. The lowest BCUT2D eigenvalue weighted by molar-refractivity contribution is 0.129. The van der Waals surface area contributed by atoms with Crippen molar-refractivity contribution in [3.63, 3.8) is 0 Å². The van der Waals surface area contributed by atoms with Crippen LogP contribution in [0.3, 0.4) is 0 Å². The third-order valence-electron chi connectivity index (χ3n) is 2.01. The lowest BCUT2D eigenvalue weighted by Crippen LogP contribution is -1.98. The minimum absolute atomic E-state index is 0.795. The molecule has 1 aliphatic heterocycles. The van der Waals surface area contributed by atoms with Crippen molar-refractivity contribution >= 4 is 6.01 Å². The molecule has 13 heavy (non-hydrogen) atoms. The van der Waals surface area contributed by atoms with E-state index in [-0.39, 0.29) is 0 Å². The van der Waals surface area contributed by atoms with Crippen LogP contribution in [0, 0.1) is 0 Å². The van der Waals surface area contributed by atoms with Gasteiger partial charge in [-0.1, -0.05) is 12.8 Å². The summed E-state index contributed by atoms with van der Waals surface area (Å²) >= 11 is 0. The smallest absolute Gasteiger partial charge is 0.0892 e. The van der Waals surface area contributed by atoms with Crippen LogP contribution >= 0.6 is 0 Å². The summed E-state index contributed by atoms with van der Waals surface area (Å²) in [7, 11) is 0. The van der Waals surface area contributed by atoms with Crippen LogP contribution in [0.25, 0.3) is 0 Å². The molecule has 0 aliphatic carbocycles. The van der Waals surface area contributed by atoms with Gasteiger partial charge in [-0.15, -0.1) is 0 Å². The minimum Gasteiger partial charge on any atom is -0.381 e. The highest BCUT2D eigenvalue weighted by molar-refractivity contribution is 5.40. The van der Waals surface area contributed by atoms with E-state index >= 15 is 0 Å². The van der Waals surface area contributed by atoms with Crippen molar-refractivity contribution in [2.24, 2.45) is 9.98 Å². The van der Waals surface area contributed by atoms with Crippen molar-refractivity contribution in [2.75, 3.05) is 26.3 Å². The van der Waals surface area contributed by atoms with Crippen LogP contribution in [0.1, 0.15) is 32.1 Å². The molecule has 0 saturated heterocycles. The van der Waals surface area contributed by atoms with Gasteiger partial charge < -0.3 is 4.74 Å². The topological polar surface area (TPSA) is 34.0 Å². The number of rotatable bonds is 0. The standard InChI is InChI=1S/C10H18N2O/c1-2-4-8-13-9-5-7-12-10-11-6-3-1/h1-9H2. The molecule has 0 radical (unpaired) electrons. The van der Waals surface area contributed by atoms with E-state index in [2.05, 4.69) is 16.0 Å². The highest BCUT2D eigenvalue weighted by atomic mass is 16.5. The summed E-state index contributed by atoms with van der Waals surface area (Å²) in [6.07, 6.45) is 5.83. The molecule has 0 saturated carbocycles. The second-order valence-electron chi connectivity index (χ2n) is 3.24. The molecule has 3 heteroatoms. The number of hydrogen-bond acceptors (Lipinski definition) is 3. The zero-order valence-electron chi connectivity index (χ0n) is 8.17. The average Bonchev–Trinajstić information content (AvgIpc) is 2.18. The summed E-state index contributed by atoms with van der Waals surface area (Å²) in [5.74, 6) is 0. The molecule has 0 aromatic heterocycles. The van der Waals surface area contributed by atoms with Crippen molar-refractivity contribution in [2.45, 2.75) is 32.1 Å². The second-order valence-corrected chi connectivity index (χ2v) is 3.24. The van der Waals surface area contributed by atoms with Crippen LogP contribution in [0.15, 0.2) is 9.98 Å². The van der Waals surface area contributed by atoms with E-state index in [1.165, 1.54) is 19.3 Å². The van der Waals surface area contributed by atoms with Crippen molar-refractivity contribution < 1.29 is 4.74 Å². The molecule has 1 heterocycles. The van der Waals surface area contributed by atoms with Gasteiger partial charge in [-0.05, 0) is 19.3 Å². The monoisotopic (exact) mass is 182 g/mol. The van der Waals surface area contributed by atoms with Crippen LogP contribution in [0.4, 0.5) is 0 Å². The zero-order chi connectivity index (χ0) is 9.19. The summed E-state index contributed by atoms with van der Waals surface area (Å²) in [5.41, 5.74) is 0. The normalized spacial score (nSPS) is 21.5. The summed E-state index contributed by atoms with van der Waals surface area (Å²) < 4.78 is 5.43. The van der Waals surface area contributed by atoms with Crippen LogP contribution in [-0.2, 0) is 4.74 Å². The molecule has 74 valence electrons. The summed E-state index contributed by atoms with van der Waals surface area (Å²) in [5, 5.41) is 0. The molecular weight excluding hydrogens is 164 g/mol. The Bertz CT molecular complexity index is 158. The fourth-order valence-corrected chi connectivity index (χ4v) is 1.25. The predicted octanol–water partition coefficient (Wildman–Crippen LogP) is 2.14. The molecule has 1 rings (SSSR count). The molecule has 0 unspecified atom stereocenters. The van der Waals surface area contributed by atoms with E-state index < -0.39 is 0 Å². The van der Waals surface area contributed by atoms with E-state index in [1.54, 1.807) is 0 Å². The van der Waals surface area contributed by atoms with Crippen LogP contribution in [-0.4, -0.2) is 32.3 Å². The van der Waals surface area contributed by atoms with Gasteiger partial charge in [0, 0.05) is 19.8 Å². The Morgan fingerprint density at radius 2 is 1.46 bits per heavy atom. The van der Waals surface area contributed by atoms with Crippen molar-refractivity contribution in [1.29, 1.82) is 0 Å². The van der Waals surface area contributed by atoms with Gasteiger partial charge in [-0.25, -0.2) is 9.98 Å². The largest absolute Gasteiger partial charge is 0.381 e. The van der Waals surface area contributed by atoms with E-state index in [1.807, 2.05) is 0 Å². The number of hydrogen-bond donors (Lipinski definition) is 0. The molecule has 0 aromatic rings. The first-order chi connectivity index (χ1) is 6.50. The Kier molecular flexibility index (Phi) is 6.38. The Morgan fingerprint density at radius 3 is 2.38 bits per heavy atom. The van der Waals surface area contributed by atoms with E-state index in [0.717, 1.165) is 39.1 Å². The van der Waals surface area contributed by atoms with Crippen LogP contribution in [0.5, 0.6) is 0 Å². The molecule has 0 fully saturated rings. The Balaban J connectivity index is 2.18. The first kappa shape index (κ1) is 10.4. The number of aliphatic imine (C=N–C) groups is 2. The van der Waals surface area contributed by atoms with Gasteiger partial charge in [0.25, 0.3) is 0 Å². The van der Waals surface area contributed by atoms with Crippen molar-refractivity contribution in [1.82, 2.24) is 0 Å². The predicted molar refractivity (Wildman–Crippen MR) is 53.5 cm³/mol. The van der Waals surface area contributed by atoms with Crippen LogP contribution in [0.2, 0.25) is 0 Å². The van der Waals surface area contributed by atoms with Gasteiger partial charge in [0.05, 0.1) is 12.6 Å². The van der Waals surface area contributed by atoms with E-state index in [9.17, 15) is 0 Å². The van der Waals surface area contributed by atoms with Gasteiger partial charge in [0.1, 0.15) is 0 Å². The highest BCUT2D eigenvalue weighted by Gasteiger charge is 1.92. The lowest BCUT2D eigenvalue weighted by atomic mass is 10.2. The third-order valence-corrected chi connectivity index (χ3v) is 2.01. The Morgan fingerprint density at radius 1 is 0.769 bits per heavy atom. The maximum absolute atomic E-state index is 5.43. The molecule has 0 bridgehead atoms. The van der Waals surface area contributed by atoms with Gasteiger partial charge in [0.15, 0.2) is 0 Å². The Labute approximate surface area is 79.9 Å². The van der Waals surface area contributed by atoms with Crippen molar-refractivity contribution in [3.8, 4) is 0 Å². The molecule has 3 nitrogen and oxygen atoms in total. The summed E-state index contributed by atoms with van der Waals surface area (Å²) in [6, 6.07) is 2.72. The second kappa shape index (κ2) is 7.96. The first-order valence-electron chi connectivity index (χ1n) is 5.16. The van der Waals surface area contributed by atoms with Gasteiger partial charge in [-0.3, -0.25) is 0 Å².